The van der Waals surface area contributed by atoms with E-state index in [0.717, 1.165) is 16.8 Å². The lowest BCUT2D eigenvalue weighted by atomic mass is 10.1. The highest BCUT2D eigenvalue weighted by Crippen LogP contribution is 2.16. The Balaban J connectivity index is 1.89. The number of anilines is 1. The van der Waals surface area contributed by atoms with Gasteiger partial charge < -0.3 is 15.8 Å². The van der Waals surface area contributed by atoms with Crippen molar-refractivity contribution >= 4 is 11.6 Å². The van der Waals surface area contributed by atoms with Crippen LogP contribution in [0.25, 0.3) is 0 Å². The van der Waals surface area contributed by atoms with E-state index in [1.807, 2.05) is 37.3 Å². The van der Waals surface area contributed by atoms with Crippen LogP contribution in [0, 0.1) is 6.92 Å². The number of guanidine groups is 1. The molecular formula is C18H20F3N3O. The van der Waals surface area contributed by atoms with E-state index in [4.69, 9.17) is 5.73 Å². The van der Waals surface area contributed by atoms with Gasteiger partial charge in [-0.05, 0) is 30.2 Å². The predicted molar refractivity (Wildman–Crippen MR) is 92.3 cm³/mol. The van der Waals surface area contributed by atoms with Crippen molar-refractivity contribution in [2.24, 2.45) is 10.7 Å². The number of hydrogen-bond acceptors (Lipinski definition) is 2. The van der Waals surface area contributed by atoms with Gasteiger partial charge in [0.25, 0.3) is 0 Å². The van der Waals surface area contributed by atoms with Crippen molar-refractivity contribution in [2.45, 2.75) is 26.3 Å². The molecule has 0 radical (unpaired) electrons. The number of rotatable bonds is 6. The molecule has 4 nitrogen and oxygen atoms in total. The molecule has 0 bridgehead atoms. The minimum atomic E-state index is -4.32. The second kappa shape index (κ2) is 8.53. The molecule has 0 aliphatic carbocycles. The molecule has 0 amide bonds. The summed E-state index contributed by atoms with van der Waals surface area (Å²) in [5, 5.41) is 2.98. The Morgan fingerprint density at radius 1 is 1.12 bits per heavy atom. The van der Waals surface area contributed by atoms with Crippen LogP contribution in [0.5, 0.6) is 0 Å². The monoisotopic (exact) mass is 351 g/mol. The molecule has 2 rings (SSSR count). The van der Waals surface area contributed by atoms with Crippen molar-refractivity contribution in [3.8, 4) is 0 Å². The summed E-state index contributed by atoms with van der Waals surface area (Å²) in [5.74, 6) is 0.266. The number of alkyl halides is 3. The van der Waals surface area contributed by atoms with Crippen molar-refractivity contribution in [2.75, 3.05) is 11.9 Å². The average molecular weight is 351 g/mol. The Morgan fingerprint density at radius 2 is 1.80 bits per heavy atom. The topological polar surface area (TPSA) is 59.6 Å². The zero-order valence-electron chi connectivity index (χ0n) is 13.8. The van der Waals surface area contributed by atoms with Gasteiger partial charge in [0.2, 0.25) is 0 Å². The fraction of sp³-hybridized carbons (Fsp3) is 0.278. The number of nitrogens with two attached hydrogens (primary N) is 1. The van der Waals surface area contributed by atoms with Crippen LogP contribution in [-0.4, -0.2) is 18.7 Å². The van der Waals surface area contributed by atoms with E-state index < -0.39 is 12.8 Å². The molecule has 3 N–H and O–H groups in total. The molecule has 0 spiro atoms. The molecule has 0 saturated heterocycles. The lowest BCUT2D eigenvalue weighted by molar-refractivity contribution is -0.176. The molecule has 25 heavy (non-hydrogen) atoms. The summed E-state index contributed by atoms with van der Waals surface area (Å²) in [6.07, 6.45) is -4.32. The lowest BCUT2D eigenvalue weighted by Gasteiger charge is -2.09. The van der Waals surface area contributed by atoms with E-state index in [1.165, 1.54) is 0 Å². The molecule has 0 atom stereocenters. The van der Waals surface area contributed by atoms with Crippen LogP contribution < -0.4 is 11.1 Å². The number of aliphatic imine (C=N–C) groups is 1. The molecule has 0 aromatic heterocycles. The van der Waals surface area contributed by atoms with Crippen molar-refractivity contribution in [3.63, 3.8) is 0 Å². The van der Waals surface area contributed by atoms with E-state index >= 15 is 0 Å². The minimum absolute atomic E-state index is 0.103. The zero-order valence-corrected chi connectivity index (χ0v) is 13.8. The van der Waals surface area contributed by atoms with E-state index in [-0.39, 0.29) is 12.6 Å². The summed E-state index contributed by atoms with van der Waals surface area (Å²) in [7, 11) is 0. The highest BCUT2D eigenvalue weighted by Gasteiger charge is 2.27. The van der Waals surface area contributed by atoms with Gasteiger partial charge in [-0.2, -0.15) is 13.2 Å². The van der Waals surface area contributed by atoms with Crippen LogP contribution in [0.3, 0.4) is 0 Å². The van der Waals surface area contributed by atoms with Crippen LogP contribution in [0.2, 0.25) is 0 Å². The number of hydrogen-bond donors (Lipinski definition) is 2. The summed E-state index contributed by atoms with van der Waals surface area (Å²) >= 11 is 0. The molecule has 0 aliphatic heterocycles. The fourth-order valence-corrected chi connectivity index (χ4v) is 2.10. The van der Waals surface area contributed by atoms with E-state index in [9.17, 15) is 13.2 Å². The van der Waals surface area contributed by atoms with Crippen molar-refractivity contribution in [1.82, 2.24) is 0 Å². The minimum Gasteiger partial charge on any atom is -0.370 e. The van der Waals surface area contributed by atoms with Gasteiger partial charge in [0, 0.05) is 5.69 Å². The standard InChI is InChI=1S/C18H20F3N3O/c1-13-5-7-16(8-6-13)24-17(22)23-10-14-3-2-4-15(9-14)11-25-12-18(19,20)21/h2-9H,10-12H2,1H3,(H3,22,23,24). The maximum atomic E-state index is 12.1. The van der Waals surface area contributed by atoms with Gasteiger partial charge in [-0.1, -0.05) is 42.0 Å². The summed E-state index contributed by atoms with van der Waals surface area (Å²) in [5.41, 5.74) is 9.32. The Hall–Kier alpha value is -2.54. The maximum Gasteiger partial charge on any atom is 0.411 e. The first-order valence-electron chi connectivity index (χ1n) is 7.68. The van der Waals surface area contributed by atoms with Gasteiger partial charge in [0.1, 0.15) is 6.61 Å². The fourth-order valence-electron chi connectivity index (χ4n) is 2.10. The second-order valence-corrected chi connectivity index (χ2v) is 5.62. The van der Waals surface area contributed by atoms with Crippen molar-refractivity contribution < 1.29 is 17.9 Å². The molecule has 2 aromatic carbocycles. The Morgan fingerprint density at radius 3 is 2.48 bits per heavy atom. The molecule has 0 aliphatic rings. The Labute approximate surface area is 144 Å². The van der Waals surface area contributed by atoms with Gasteiger partial charge in [0.15, 0.2) is 5.96 Å². The first-order chi connectivity index (χ1) is 11.8. The number of nitrogens with zero attached hydrogens (tertiary/aromatic N) is 1. The van der Waals surface area contributed by atoms with Crippen LogP contribution in [0.4, 0.5) is 18.9 Å². The third-order valence-corrected chi connectivity index (χ3v) is 3.28. The van der Waals surface area contributed by atoms with Crippen LogP contribution in [0.15, 0.2) is 53.5 Å². The van der Waals surface area contributed by atoms with Gasteiger partial charge >= 0.3 is 6.18 Å². The molecule has 0 heterocycles. The largest absolute Gasteiger partial charge is 0.411 e. The van der Waals surface area contributed by atoms with Crippen molar-refractivity contribution in [3.05, 3.63) is 65.2 Å². The lowest BCUT2D eigenvalue weighted by Crippen LogP contribution is -2.22. The Kier molecular flexibility index (Phi) is 6.41. The number of benzene rings is 2. The smallest absolute Gasteiger partial charge is 0.370 e. The van der Waals surface area contributed by atoms with Crippen LogP contribution in [0.1, 0.15) is 16.7 Å². The molecule has 7 heteroatoms. The molecule has 0 fully saturated rings. The molecule has 0 saturated carbocycles. The zero-order chi connectivity index (χ0) is 18.3. The van der Waals surface area contributed by atoms with Gasteiger partial charge in [-0.3, -0.25) is 0 Å². The number of halogens is 3. The first kappa shape index (κ1) is 18.8. The summed E-state index contributed by atoms with van der Waals surface area (Å²) in [6.45, 7) is 0.946. The number of nitrogens with one attached hydrogen (secondary N) is 1. The van der Waals surface area contributed by atoms with Crippen LogP contribution in [-0.2, 0) is 17.9 Å². The summed E-state index contributed by atoms with van der Waals surface area (Å²) in [6, 6.07) is 14.7. The van der Waals surface area contributed by atoms with Gasteiger partial charge in [0.05, 0.1) is 13.2 Å². The van der Waals surface area contributed by atoms with Crippen LogP contribution >= 0.6 is 0 Å². The number of ether oxygens (including phenoxy) is 1. The maximum absolute atomic E-state index is 12.1. The first-order valence-corrected chi connectivity index (χ1v) is 7.68. The SMILES string of the molecule is Cc1ccc(NC(N)=NCc2cccc(COCC(F)(F)F)c2)cc1. The van der Waals surface area contributed by atoms with Crippen molar-refractivity contribution in [1.29, 1.82) is 0 Å². The normalized spacial score (nSPS) is 12.2. The molecular weight excluding hydrogens is 331 g/mol. The highest BCUT2D eigenvalue weighted by atomic mass is 19.4. The quantitative estimate of drug-likeness (QED) is 0.611. The third kappa shape index (κ3) is 7.26. The summed E-state index contributed by atoms with van der Waals surface area (Å²) in [4.78, 5) is 4.24. The second-order valence-electron chi connectivity index (χ2n) is 5.62. The third-order valence-electron chi connectivity index (χ3n) is 3.28. The predicted octanol–water partition coefficient (Wildman–Crippen LogP) is 4.00. The highest BCUT2D eigenvalue weighted by molar-refractivity contribution is 5.92. The van der Waals surface area contributed by atoms with E-state index in [2.05, 4.69) is 15.0 Å². The average Bonchev–Trinajstić information content (AvgIpc) is 2.54. The molecule has 2 aromatic rings. The Bertz CT molecular complexity index is 712. The summed E-state index contributed by atoms with van der Waals surface area (Å²) < 4.78 is 40.9. The number of aryl methyl sites for hydroxylation is 1. The van der Waals surface area contributed by atoms with Gasteiger partial charge in [-0.15, -0.1) is 0 Å². The van der Waals surface area contributed by atoms with Gasteiger partial charge in [-0.25, -0.2) is 4.99 Å². The molecule has 0 unspecified atom stereocenters. The molecule has 134 valence electrons. The van der Waals surface area contributed by atoms with E-state index in [1.54, 1.807) is 18.2 Å². The van der Waals surface area contributed by atoms with E-state index in [0.29, 0.717) is 12.1 Å².